The van der Waals surface area contributed by atoms with Crippen molar-refractivity contribution in [2.75, 3.05) is 6.54 Å². The molecule has 2 aromatic rings. The summed E-state index contributed by atoms with van der Waals surface area (Å²) in [5, 5.41) is 9.72. The fourth-order valence-corrected chi connectivity index (χ4v) is 4.75. The van der Waals surface area contributed by atoms with Gasteiger partial charge in [-0.1, -0.05) is 41.8 Å². The van der Waals surface area contributed by atoms with Gasteiger partial charge in [-0.25, -0.2) is 0 Å². The number of carbonyl (C=O) groups is 1. The van der Waals surface area contributed by atoms with E-state index >= 15 is 0 Å². The Morgan fingerprint density at radius 2 is 2.08 bits per heavy atom. The van der Waals surface area contributed by atoms with Gasteiger partial charge in [0.2, 0.25) is 0 Å². The van der Waals surface area contributed by atoms with Crippen LogP contribution >= 0.6 is 22.9 Å². The average Bonchev–Trinajstić information content (AvgIpc) is 2.97. The zero-order valence-electron chi connectivity index (χ0n) is 14.0. The number of thiophene rings is 1. The molecule has 0 spiro atoms. The summed E-state index contributed by atoms with van der Waals surface area (Å²) in [5.41, 5.74) is 3.55. The molecule has 3 rings (SSSR count). The zero-order chi connectivity index (χ0) is 17.3. The van der Waals surface area contributed by atoms with Gasteiger partial charge in [-0.3, -0.25) is 9.69 Å². The second-order valence-electron chi connectivity index (χ2n) is 6.49. The van der Waals surface area contributed by atoms with Crippen LogP contribution < -0.4 is 0 Å². The van der Waals surface area contributed by atoms with Crippen molar-refractivity contribution in [1.82, 2.24) is 4.90 Å². The fraction of sp³-hybridized carbons (Fsp3) is 0.421. The lowest BCUT2D eigenvalue weighted by atomic mass is 9.92. The van der Waals surface area contributed by atoms with Crippen molar-refractivity contribution in [3.05, 3.63) is 56.2 Å². The fourth-order valence-electron chi connectivity index (χ4n) is 3.55. The number of aryl methyl sites for hydroxylation is 2. The molecule has 1 fully saturated rings. The number of likely N-dealkylation sites (tertiary alicyclic amines) is 1. The summed E-state index contributed by atoms with van der Waals surface area (Å²) in [6.07, 6.45) is 2.71. The molecule has 2 unspecified atom stereocenters. The van der Waals surface area contributed by atoms with Crippen LogP contribution in [0.3, 0.4) is 0 Å². The predicted molar refractivity (Wildman–Crippen MR) is 99.1 cm³/mol. The Morgan fingerprint density at radius 1 is 1.29 bits per heavy atom. The maximum Gasteiger partial charge on any atom is 0.320 e. The van der Waals surface area contributed by atoms with Crippen LogP contribution in [0.4, 0.5) is 0 Å². The van der Waals surface area contributed by atoms with Crippen molar-refractivity contribution in [1.29, 1.82) is 0 Å². The maximum atomic E-state index is 11.8. The molecule has 3 nitrogen and oxygen atoms in total. The van der Waals surface area contributed by atoms with E-state index in [0.717, 1.165) is 28.6 Å². The van der Waals surface area contributed by atoms with E-state index in [0.29, 0.717) is 6.42 Å². The average molecular weight is 364 g/mol. The van der Waals surface area contributed by atoms with E-state index in [-0.39, 0.29) is 6.04 Å². The second-order valence-corrected chi connectivity index (χ2v) is 8.24. The van der Waals surface area contributed by atoms with Gasteiger partial charge >= 0.3 is 5.97 Å². The maximum absolute atomic E-state index is 11.8. The Balaban J connectivity index is 2.11. The van der Waals surface area contributed by atoms with Crippen LogP contribution in [0, 0.1) is 13.8 Å². The van der Waals surface area contributed by atoms with Crippen molar-refractivity contribution in [3.63, 3.8) is 0 Å². The van der Waals surface area contributed by atoms with Gasteiger partial charge in [0, 0.05) is 4.88 Å². The third-order valence-electron chi connectivity index (χ3n) is 4.75. The summed E-state index contributed by atoms with van der Waals surface area (Å²) >= 11 is 7.73. The lowest BCUT2D eigenvalue weighted by molar-refractivity contribution is -0.145. The number of hydrogen-bond donors (Lipinski definition) is 1. The van der Waals surface area contributed by atoms with Crippen molar-refractivity contribution in [3.8, 4) is 0 Å². The molecule has 0 amide bonds. The Morgan fingerprint density at radius 3 is 2.75 bits per heavy atom. The summed E-state index contributed by atoms with van der Waals surface area (Å²) in [6, 6.07) is 9.84. The van der Waals surface area contributed by atoms with E-state index < -0.39 is 12.0 Å². The van der Waals surface area contributed by atoms with Gasteiger partial charge in [0.05, 0.1) is 10.4 Å². The van der Waals surface area contributed by atoms with Crippen LogP contribution in [-0.2, 0) is 4.79 Å². The molecule has 2 heterocycles. The summed E-state index contributed by atoms with van der Waals surface area (Å²) in [6.45, 7) is 4.97. The molecule has 24 heavy (non-hydrogen) atoms. The first kappa shape index (κ1) is 17.5. The molecule has 1 aromatic carbocycles. The first-order valence-electron chi connectivity index (χ1n) is 8.28. The highest BCUT2D eigenvalue weighted by atomic mass is 35.5. The van der Waals surface area contributed by atoms with Crippen molar-refractivity contribution in [2.45, 2.75) is 45.2 Å². The smallest absolute Gasteiger partial charge is 0.320 e. The van der Waals surface area contributed by atoms with Crippen LogP contribution in [0.5, 0.6) is 0 Å². The van der Waals surface area contributed by atoms with E-state index in [4.69, 9.17) is 11.6 Å². The number of nitrogens with zero attached hydrogens (tertiary/aromatic N) is 1. The van der Waals surface area contributed by atoms with Gasteiger partial charge in [-0.15, -0.1) is 11.3 Å². The number of carboxylic acids is 1. The molecule has 1 aliphatic heterocycles. The number of halogens is 1. The van der Waals surface area contributed by atoms with Gasteiger partial charge < -0.3 is 5.11 Å². The number of aliphatic carboxylic acids is 1. The number of benzene rings is 1. The largest absolute Gasteiger partial charge is 0.480 e. The highest BCUT2D eigenvalue weighted by molar-refractivity contribution is 7.16. The first-order valence-corrected chi connectivity index (χ1v) is 9.48. The summed E-state index contributed by atoms with van der Waals surface area (Å²) in [5.74, 6) is -0.729. The number of rotatable bonds is 4. The van der Waals surface area contributed by atoms with Crippen molar-refractivity contribution < 1.29 is 9.90 Å². The SMILES string of the molecule is Cc1ccc(C)c(C(c2ccc(Cl)s2)N2CCCCC2C(=O)O)c1. The van der Waals surface area contributed by atoms with Crippen LogP contribution in [0.2, 0.25) is 4.34 Å². The highest BCUT2D eigenvalue weighted by Gasteiger charge is 2.36. The third kappa shape index (κ3) is 3.51. The predicted octanol–water partition coefficient (Wildman–Crippen LogP) is 5.05. The molecule has 1 N–H and O–H groups in total. The van der Waals surface area contributed by atoms with Crippen molar-refractivity contribution >= 4 is 28.9 Å². The van der Waals surface area contributed by atoms with Crippen LogP contribution in [0.1, 0.15) is 46.9 Å². The quantitative estimate of drug-likeness (QED) is 0.826. The first-order chi connectivity index (χ1) is 11.5. The summed E-state index contributed by atoms with van der Waals surface area (Å²) in [7, 11) is 0. The zero-order valence-corrected chi connectivity index (χ0v) is 15.5. The monoisotopic (exact) mass is 363 g/mol. The van der Waals surface area contributed by atoms with Crippen LogP contribution in [0.15, 0.2) is 30.3 Å². The second kappa shape index (κ2) is 7.26. The topological polar surface area (TPSA) is 40.5 Å². The van der Waals surface area contributed by atoms with E-state index in [2.05, 4.69) is 36.9 Å². The normalized spacial score (nSPS) is 20.0. The van der Waals surface area contributed by atoms with Gasteiger partial charge in [0.25, 0.3) is 0 Å². The molecule has 0 aliphatic carbocycles. The number of piperidine rings is 1. The summed E-state index contributed by atoms with van der Waals surface area (Å²) < 4.78 is 0.740. The number of carboxylic acid groups (broad SMARTS) is 1. The van der Waals surface area contributed by atoms with Crippen LogP contribution in [0.25, 0.3) is 0 Å². The van der Waals surface area contributed by atoms with Gasteiger partial charge in [0.1, 0.15) is 6.04 Å². The summed E-state index contributed by atoms with van der Waals surface area (Å²) in [4.78, 5) is 15.1. The van der Waals surface area contributed by atoms with E-state index in [1.54, 1.807) is 11.3 Å². The van der Waals surface area contributed by atoms with Crippen LogP contribution in [-0.4, -0.2) is 28.6 Å². The van der Waals surface area contributed by atoms with Gasteiger partial charge in [-0.05, 0) is 56.5 Å². The molecule has 1 saturated heterocycles. The van der Waals surface area contributed by atoms with E-state index in [1.807, 2.05) is 12.1 Å². The molecule has 128 valence electrons. The molecule has 0 bridgehead atoms. The van der Waals surface area contributed by atoms with Gasteiger partial charge in [0.15, 0.2) is 0 Å². The molecular weight excluding hydrogens is 342 g/mol. The molecule has 0 saturated carbocycles. The minimum atomic E-state index is -0.729. The Kier molecular flexibility index (Phi) is 5.28. The minimum absolute atomic E-state index is 0.0520. The van der Waals surface area contributed by atoms with E-state index in [9.17, 15) is 9.90 Å². The standard InChI is InChI=1S/C19H22ClNO2S/c1-12-6-7-13(2)14(11-12)18(16-8-9-17(20)24-16)21-10-4-3-5-15(21)19(22)23/h6-9,11,15,18H,3-5,10H2,1-2H3,(H,22,23). The Hall–Kier alpha value is -1.36. The third-order valence-corrected chi connectivity index (χ3v) is 6.04. The molecule has 1 aromatic heterocycles. The Bertz CT molecular complexity index is 743. The lowest BCUT2D eigenvalue weighted by Gasteiger charge is -2.39. The molecule has 0 radical (unpaired) electrons. The Labute approximate surface area is 151 Å². The molecule has 5 heteroatoms. The van der Waals surface area contributed by atoms with E-state index in [1.165, 1.54) is 16.7 Å². The molecule has 1 aliphatic rings. The lowest BCUT2D eigenvalue weighted by Crippen LogP contribution is -2.46. The van der Waals surface area contributed by atoms with Gasteiger partial charge in [-0.2, -0.15) is 0 Å². The molecule has 2 atom stereocenters. The molecular formula is C19H22ClNO2S. The number of hydrogen-bond acceptors (Lipinski definition) is 3. The highest BCUT2D eigenvalue weighted by Crippen LogP contribution is 2.40. The van der Waals surface area contributed by atoms with Crippen molar-refractivity contribution in [2.24, 2.45) is 0 Å². The minimum Gasteiger partial charge on any atom is -0.480 e.